The second-order valence-electron chi connectivity index (χ2n) is 9.61. The number of ether oxygens (including phenoxy) is 1. The van der Waals surface area contributed by atoms with E-state index < -0.39 is 0 Å². The Morgan fingerprint density at radius 2 is 1.91 bits per heavy atom. The second kappa shape index (κ2) is 8.98. The number of hydrogen-bond donors (Lipinski definition) is 1. The van der Waals surface area contributed by atoms with Crippen LogP contribution < -0.4 is 15.0 Å². The molecule has 35 heavy (non-hydrogen) atoms. The summed E-state index contributed by atoms with van der Waals surface area (Å²) in [5.41, 5.74) is 2.66. The first-order valence-electron chi connectivity index (χ1n) is 12.2. The molecule has 2 unspecified atom stereocenters. The maximum atomic E-state index is 13.4. The van der Waals surface area contributed by atoms with E-state index in [4.69, 9.17) is 9.26 Å². The van der Waals surface area contributed by atoms with Crippen molar-refractivity contribution in [2.24, 2.45) is 0 Å². The van der Waals surface area contributed by atoms with E-state index in [-0.39, 0.29) is 31.4 Å². The minimum atomic E-state index is -0.378. The van der Waals surface area contributed by atoms with Crippen molar-refractivity contribution in [1.29, 1.82) is 0 Å². The number of urea groups is 1. The number of methoxy groups -OCH3 is 1. The molecule has 2 bridgehead atoms. The number of benzene rings is 2. The number of carbonyl (C=O) groups excluding carboxylic acids is 2. The molecule has 9 heteroatoms. The van der Waals surface area contributed by atoms with Gasteiger partial charge in [-0.2, -0.15) is 0 Å². The summed E-state index contributed by atoms with van der Waals surface area (Å²) in [5, 5.41) is 8.64. The summed E-state index contributed by atoms with van der Waals surface area (Å²) in [6, 6.07) is 14.2. The van der Waals surface area contributed by atoms with Crippen LogP contribution in [0.25, 0.3) is 11.0 Å². The first-order valence-corrected chi connectivity index (χ1v) is 12.2. The van der Waals surface area contributed by atoms with Gasteiger partial charge in [-0.3, -0.25) is 19.5 Å². The van der Waals surface area contributed by atoms with E-state index in [9.17, 15) is 9.59 Å². The SMILES string of the molecule is COc1ccc(CN2C(=O)CCN(c3noc4ccc(CN5CC6CCC5CN6)cc34)C2=O)cc1. The zero-order chi connectivity index (χ0) is 23.9. The third kappa shape index (κ3) is 4.15. The number of amides is 3. The molecule has 4 saturated heterocycles. The van der Waals surface area contributed by atoms with Gasteiger partial charge in [0.15, 0.2) is 11.4 Å². The monoisotopic (exact) mass is 475 g/mol. The first-order chi connectivity index (χ1) is 17.1. The van der Waals surface area contributed by atoms with E-state index in [2.05, 4.69) is 27.5 Å². The number of carbonyl (C=O) groups is 2. The molecule has 0 spiro atoms. The highest BCUT2D eigenvalue weighted by Crippen LogP contribution is 2.31. The molecule has 182 valence electrons. The number of anilines is 1. The first kappa shape index (κ1) is 22.1. The maximum absolute atomic E-state index is 13.4. The lowest BCUT2D eigenvalue weighted by molar-refractivity contribution is -0.129. The Balaban J connectivity index is 1.23. The number of nitrogens with zero attached hydrogens (tertiary/aromatic N) is 4. The topological polar surface area (TPSA) is 91.2 Å². The smallest absolute Gasteiger partial charge is 0.332 e. The van der Waals surface area contributed by atoms with Crippen molar-refractivity contribution in [3.8, 4) is 5.75 Å². The van der Waals surface area contributed by atoms with Gasteiger partial charge < -0.3 is 14.6 Å². The number of piperidine rings is 2. The summed E-state index contributed by atoms with van der Waals surface area (Å²) in [7, 11) is 1.60. The lowest BCUT2D eigenvalue weighted by Crippen LogP contribution is -2.60. The molecule has 4 fully saturated rings. The maximum Gasteiger partial charge on any atom is 0.332 e. The zero-order valence-corrected chi connectivity index (χ0v) is 19.8. The quantitative estimate of drug-likeness (QED) is 0.586. The van der Waals surface area contributed by atoms with Crippen LogP contribution >= 0.6 is 0 Å². The van der Waals surface area contributed by atoms with Gasteiger partial charge in [0.05, 0.1) is 19.0 Å². The fourth-order valence-corrected chi connectivity index (χ4v) is 5.45. The summed E-state index contributed by atoms with van der Waals surface area (Å²) >= 11 is 0. The van der Waals surface area contributed by atoms with Gasteiger partial charge in [0.1, 0.15) is 5.75 Å². The molecule has 3 aromatic rings. The molecule has 3 amide bonds. The van der Waals surface area contributed by atoms with Crippen LogP contribution in [-0.4, -0.2) is 65.7 Å². The molecular weight excluding hydrogens is 446 g/mol. The Bertz CT molecular complexity index is 1250. The van der Waals surface area contributed by atoms with Gasteiger partial charge in [-0.15, -0.1) is 0 Å². The number of piperazine rings is 1. The Labute approximate surface area is 203 Å². The van der Waals surface area contributed by atoms with E-state index in [1.165, 1.54) is 23.3 Å². The third-order valence-electron chi connectivity index (χ3n) is 7.43. The highest BCUT2D eigenvalue weighted by Gasteiger charge is 2.36. The molecule has 2 aromatic carbocycles. The lowest BCUT2D eigenvalue weighted by atomic mass is 9.92. The van der Waals surface area contributed by atoms with Gasteiger partial charge in [0.25, 0.3) is 0 Å². The van der Waals surface area contributed by atoms with Crippen LogP contribution in [0.2, 0.25) is 0 Å². The molecular formula is C26H29N5O4. The highest BCUT2D eigenvalue weighted by atomic mass is 16.5. The molecule has 1 aromatic heterocycles. The molecule has 7 rings (SSSR count). The summed E-state index contributed by atoms with van der Waals surface area (Å²) < 4.78 is 10.8. The van der Waals surface area contributed by atoms with Crippen molar-refractivity contribution < 1.29 is 18.8 Å². The van der Waals surface area contributed by atoms with Crippen LogP contribution in [0.5, 0.6) is 5.75 Å². The number of hydrogen-bond acceptors (Lipinski definition) is 7. The molecule has 4 aliphatic heterocycles. The van der Waals surface area contributed by atoms with Crippen LogP contribution in [0.4, 0.5) is 10.6 Å². The molecule has 9 nitrogen and oxygen atoms in total. The predicted molar refractivity (Wildman–Crippen MR) is 130 cm³/mol. The Kier molecular flexibility index (Phi) is 5.66. The Hall–Kier alpha value is -3.43. The van der Waals surface area contributed by atoms with Crippen molar-refractivity contribution in [3.63, 3.8) is 0 Å². The molecule has 0 aliphatic carbocycles. The zero-order valence-electron chi connectivity index (χ0n) is 19.8. The van der Waals surface area contributed by atoms with E-state index in [1.54, 1.807) is 12.0 Å². The van der Waals surface area contributed by atoms with Crippen LogP contribution in [0, 0.1) is 0 Å². The highest BCUT2D eigenvalue weighted by molar-refractivity contribution is 6.08. The fraction of sp³-hybridized carbons (Fsp3) is 0.423. The lowest BCUT2D eigenvalue weighted by Gasteiger charge is -2.46. The normalized spacial score (nSPS) is 22.9. The van der Waals surface area contributed by atoms with Gasteiger partial charge in [-0.25, -0.2) is 4.79 Å². The van der Waals surface area contributed by atoms with Crippen molar-refractivity contribution >= 4 is 28.7 Å². The van der Waals surface area contributed by atoms with Gasteiger partial charge in [-0.1, -0.05) is 23.4 Å². The Morgan fingerprint density at radius 1 is 1.09 bits per heavy atom. The van der Waals surface area contributed by atoms with E-state index >= 15 is 0 Å². The molecule has 0 saturated carbocycles. The molecule has 2 atom stereocenters. The van der Waals surface area contributed by atoms with Crippen LogP contribution in [0.1, 0.15) is 30.4 Å². The number of rotatable bonds is 6. The van der Waals surface area contributed by atoms with E-state index in [0.29, 0.717) is 23.5 Å². The average molecular weight is 476 g/mol. The summed E-state index contributed by atoms with van der Waals surface area (Å²) in [4.78, 5) is 31.4. The van der Waals surface area contributed by atoms with Gasteiger partial charge in [0, 0.05) is 44.7 Å². The minimum Gasteiger partial charge on any atom is -0.497 e. The molecule has 5 heterocycles. The number of aromatic nitrogens is 1. The van der Waals surface area contributed by atoms with Crippen molar-refractivity contribution in [3.05, 3.63) is 53.6 Å². The van der Waals surface area contributed by atoms with Gasteiger partial charge in [0.2, 0.25) is 5.91 Å². The number of fused-ring (bicyclic) bond motifs is 4. The Morgan fingerprint density at radius 3 is 2.63 bits per heavy atom. The third-order valence-corrected chi connectivity index (χ3v) is 7.43. The molecule has 4 aliphatic rings. The van der Waals surface area contributed by atoms with Crippen molar-refractivity contribution in [2.75, 3.05) is 31.6 Å². The van der Waals surface area contributed by atoms with Gasteiger partial charge >= 0.3 is 6.03 Å². The largest absolute Gasteiger partial charge is 0.497 e. The summed E-state index contributed by atoms with van der Waals surface area (Å²) in [6.07, 6.45) is 2.72. The average Bonchev–Trinajstić information content (AvgIpc) is 3.31. The number of imide groups is 1. The standard InChI is InChI=1S/C26H29N5O4/c1-34-21-7-2-17(3-8-21)15-31-24(32)10-11-30(26(31)33)25-22-12-18(4-9-23(22)35-28-25)14-29-16-19-5-6-20(29)13-27-19/h2-4,7-9,12,19-20,27H,5-6,10-11,13-16H2,1H3. The molecule has 1 N–H and O–H groups in total. The van der Waals surface area contributed by atoms with E-state index in [0.717, 1.165) is 36.3 Å². The minimum absolute atomic E-state index is 0.190. The van der Waals surface area contributed by atoms with Crippen LogP contribution in [-0.2, 0) is 17.9 Å². The summed E-state index contributed by atoms with van der Waals surface area (Å²) in [6.45, 7) is 3.45. The van der Waals surface area contributed by atoms with E-state index in [1.807, 2.05) is 30.3 Å². The number of nitrogens with one attached hydrogen (secondary N) is 1. The van der Waals surface area contributed by atoms with Crippen LogP contribution in [0.15, 0.2) is 47.0 Å². The fourth-order valence-electron chi connectivity index (χ4n) is 5.45. The predicted octanol–water partition coefficient (Wildman–Crippen LogP) is 3.13. The van der Waals surface area contributed by atoms with Crippen molar-refractivity contribution in [1.82, 2.24) is 20.3 Å². The van der Waals surface area contributed by atoms with Gasteiger partial charge in [-0.05, 0) is 48.2 Å². The second-order valence-corrected chi connectivity index (χ2v) is 9.61. The van der Waals surface area contributed by atoms with Crippen LogP contribution in [0.3, 0.4) is 0 Å². The molecule has 0 radical (unpaired) electrons. The van der Waals surface area contributed by atoms with Crippen molar-refractivity contribution in [2.45, 2.75) is 44.4 Å². The summed E-state index contributed by atoms with van der Waals surface area (Å²) in [5.74, 6) is 1.01.